The molecule has 1 aromatic carbocycles. The lowest BCUT2D eigenvalue weighted by atomic mass is 10.2. The smallest absolute Gasteiger partial charge is 0.230 e. The van der Waals surface area contributed by atoms with E-state index in [1.54, 1.807) is 0 Å². The second-order valence-corrected chi connectivity index (χ2v) is 6.14. The van der Waals surface area contributed by atoms with Crippen LogP contribution in [0.3, 0.4) is 0 Å². The lowest BCUT2D eigenvalue weighted by Gasteiger charge is -2.06. The monoisotopic (exact) mass is 299 g/mol. The zero-order valence-electron chi connectivity index (χ0n) is 14.3. The Hall–Kier alpha value is -1.57. The van der Waals surface area contributed by atoms with Gasteiger partial charge >= 0.3 is 0 Å². The van der Waals surface area contributed by atoms with Gasteiger partial charge in [0.25, 0.3) is 5.82 Å². The second-order valence-electron chi connectivity index (χ2n) is 6.14. The molecule has 0 saturated heterocycles. The summed E-state index contributed by atoms with van der Waals surface area (Å²) in [7, 11) is 0. The molecule has 0 spiro atoms. The molecule has 0 aliphatic rings. The summed E-state index contributed by atoms with van der Waals surface area (Å²) in [6.07, 6.45) is 13.6. The van der Waals surface area contributed by atoms with E-state index >= 15 is 0 Å². The topological polar surface area (TPSA) is 8.81 Å². The summed E-state index contributed by atoms with van der Waals surface area (Å²) in [5.41, 5.74) is 1.33. The van der Waals surface area contributed by atoms with Crippen LogP contribution in [0.25, 0.3) is 11.4 Å². The molecule has 0 N–H and O–H groups in total. The Balaban J connectivity index is 2.14. The van der Waals surface area contributed by atoms with Crippen molar-refractivity contribution in [3.05, 3.63) is 42.7 Å². The van der Waals surface area contributed by atoms with E-state index in [0.29, 0.717) is 0 Å². The van der Waals surface area contributed by atoms with E-state index in [1.165, 1.54) is 56.3 Å². The molecule has 2 heteroatoms. The Kier molecular flexibility index (Phi) is 7.21. The van der Waals surface area contributed by atoms with Crippen LogP contribution in [0.5, 0.6) is 0 Å². The van der Waals surface area contributed by atoms with E-state index < -0.39 is 0 Å². The minimum absolute atomic E-state index is 1.13. The molecule has 0 atom stereocenters. The van der Waals surface area contributed by atoms with E-state index in [0.717, 1.165) is 13.1 Å². The van der Waals surface area contributed by atoms with Crippen molar-refractivity contribution in [2.24, 2.45) is 0 Å². The third kappa shape index (κ3) is 4.72. The normalized spacial score (nSPS) is 11.0. The maximum absolute atomic E-state index is 2.44. The molecule has 0 saturated carbocycles. The van der Waals surface area contributed by atoms with E-state index in [9.17, 15) is 0 Å². The SMILES string of the molecule is CCCCCCn1cc[n+](CCCCC)c1-c1ccccc1. The summed E-state index contributed by atoms with van der Waals surface area (Å²) in [6, 6.07) is 10.8. The highest BCUT2D eigenvalue weighted by Crippen LogP contribution is 2.17. The number of nitrogens with zero attached hydrogens (tertiary/aromatic N) is 2. The molecule has 2 nitrogen and oxygen atoms in total. The summed E-state index contributed by atoms with van der Waals surface area (Å²) in [5, 5.41) is 0. The lowest BCUT2D eigenvalue weighted by Crippen LogP contribution is -2.34. The fraction of sp³-hybridized carbons (Fsp3) is 0.550. The van der Waals surface area contributed by atoms with Crippen molar-refractivity contribution in [2.75, 3.05) is 0 Å². The molecule has 0 aliphatic carbocycles. The van der Waals surface area contributed by atoms with Crippen molar-refractivity contribution in [3.63, 3.8) is 0 Å². The summed E-state index contributed by atoms with van der Waals surface area (Å²) in [4.78, 5) is 0. The van der Waals surface area contributed by atoms with Crippen LogP contribution in [-0.4, -0.2) is 4.57 Å². The molecular formula is C20H31N2+. The van der Waals surface area contributed by atoms with Crippen LogP contribution in [-0.2, 0) is 13.1 Å². The Labute approximate surface area is 135 Å². The summed E-state index contributed by atoms with van der Waals surface area (Å²) in [5.74, 6) is 1.37. The number of imidazole rings is 1. The minimum atomic E-state index is 1.13. The number of aryl methyl sites for hydroxylation is 2. The molecule has 2 rings (SSSR count). The molecule has 1 heterocycles. The highest BCUT2D eigenvalue weighted by Gasteiger charge is 2.18. The van der Waals surface area contributed by atoms with Crippen molar-refractivity contribution in [1.29, 1.82) is 0 Å². The third-order valence-electron chi connectivity index (χ3n) is 4.26. The van der Waals surface area contributed by atoms with Crippen LogP contribution in [0, 0.1) is 0 Å². The van der Waals surface area contributed by atoms with Crippen LogP contribution >= 0.6 is 0 Å². The molecule has 2 aromatic rings. The zero-order chi connectivity index (χ0) is 15.6. The maximum Gasteiger partial charge on any atom is 0.288 e. The van der Waals surface area contributed by atoms with Crippen molar-refractivity contribution in [3.8, 4) is 11.4 Å². The highest BCUT2D eigenvalue weighted by atomic mass is 15.1. The maximum atomic E-state index is 2.44. The number of hydrogen-bond donors (Lipinski definition) is 0. The standard InChI is InChI=1S/C20H31N2/c1-3-5-7-12-16-22-18-17-21(15-11-6-4-2)20(22)19-13-9-8-10-14-19/h8-10,13-14,17-18H,3-7,11-12,15-16H2,1-2H3/q+1. The molecule has 22 heavy (non-hydrogen) atoms. The van der Waals surface area contributed by atoms with Crippen molar-refractivity contribution >= 4 is 0 Å². The average Bonchev–Trinajstić information content (AvgIpc) is 2.95. The number of unbranched alkanes of at least 4 members (excludes halogenated alkanes) is 5. The quantitative estimate of drug-likeness (QED) is 0.420. The number of hydrogen-bond acceptors (Lipinski definition) is 0. The van der Waals surface area contributed by atoms with Crippen LogP contribution in [0.1, 0.15) is 58.8 Å². The van der Waals surface area contributed by atoms with E-state index in [4.69, 9.17) is 0 Å². The molecule has 0 aliphatic heterocycles. The predicted molar refractivity (Wildman–Crippen MR) is 93.7 cm³/mol. The average molecular weight is 299 g/mol. The van der Waals surface area contributed by atoms with Gasteiger partial charge in [-0.05, 0) is 37.8 Å². The first-order valence-electron chi connectivity index (χ1n) is 9.00. The van der Waals surface area contributed by atoms with Crippen molar-refractivity contribution in [1.82, 2.24) is 4.57 Å². The Morgan fingerprint density at radius 3 is 2.32 bits per heavy atom. The minimum Gasteiger partial charge on any atom is -0.230 e. The van der Waals surface area contributed by atoms with E-state index in [1.807, 2.05) is 0 Å². The highest BCUT2D eigenvalue weighted by molar-refractivity contribution is 5.52. The van der Waals surface area contributed by atoms with Gasteiger partial charge in [-0.25, -0.2) is 9.13 Å². The summed E-state index contributed by atoms with van der Waals surface area (Å²) < 4.78 is 4.88. The van der Waals surface area contributed by atoms with Gasteiger partial charge in [0.15, 0.2) is 0 Å². The van der Waals surface area contributed by atoms with Crippen LogP contribution in [0.4, 0.5) is 0 Å². The molecular weight excluding hydrogens is 268 g/mol. The molecule has 0 bridgehead atoms. The molecule has 0 unspecified atom stereocenters. The Morgan fingerprint density at radius 1 is 0.864 bits per heavy atom. The first kappa shape index (κ1) is 16.8. The van der Waals surface area contributed by atoms with Gasteiger partial charge in [0.05, 0.1) is 18.7 Å². The Bertz CT molecular complexity index is 528. The third-order valence-corrected chi connectivity index (χ3v) is 4.26. The molecule has 0 amide bonds. The fourth-order valence-electron chi connectivity index (χ4n) is 2.99. The molecule has 0 radical (unpaired) electrons. The first-order chi connectivity index (χ1) is 10.9. The largest absolute Gasteiger partial charge is 0.288 e. The lowest BCUT2D eigenvalue weighted by molar-refractivity contribution is -0.686. The molecule has 1 aromatic heterocycles. The van der Waals surface area contributed by atoms with Crippen LogP contribution < -0.4 is 4.57 Å². The van der Waals surface area contributed by atoms with Crippen molar-refractivity contribution in [2.45, 2.75) is 71.9 Å². The predicted octanol–water partition coefficient (Wildman–Crippen LogP) is 5.21. The number of rotatable bonds is 10. The van der Waals surface area contributed by atoms with Gasteiger partial charge in [-0.1, -0.05) is 51.3 Å². The second kappa shape index (κ2) is 9.45. The van der Waals surface area contributed by atoms with Gasteiger partial charge in [0.1, 0.15) is 12.4 Å². The molecule has 120 valence electrons. The zero-order valence-corrected chi connectivity index (χ0v) is 14.3. The summed E-state index contributed by atoms with van der Waals surface area (Å²) >= 11 is 0. The number of aromatic nitrogens is 2. The van der Waals surface area contributed by atoms with Gasteiger partial charge in [-0.15, -0.1) is 0 Å². The van der Waals surface area contributed by atoms with E-state index in [-0.39, 0.29) is 0 Å². The number of benzene rings is 1. The van der Waals surface area contributed by atoms with E-state index in [2.05, 4.69) is 65.7 Å². The molecule has 0 fully saturated rings. The van der Waals surface area contributed by atoms with Gasteiger partial charge in [0, 0.05) is 0 Å². The van der Waals surface area contributed by atoms with Crippen molar-refractivity contribution < 1.29 is 4.57 Å². The van der Waals surface area contributed by atoms with Gasteiger partial charge in [-0.2, -0.15) is 0 Å². The Morgan fingerprint density at radius 2 is 1.59 bits per heavy atom. The fourth-order valence-corrected chi connectivity index (χ4v) is 2.99. The van der Waals surface area contributed by atoms with Gasteiger partial charge in [0.2, 0.25) is 0 Å². The summed E-state index contributed by atoms with van der Waals surface area (Å²) in [6.45, 7) is 6.79. The van der Waals surface area contributed by atoms with Gasteiger partial charge in [-0.3, -0.25) is 0 Å². The van der Waals surface area contributed by atoms with Gasteiger partial charge < -0.3 is 0 Å². The first-order valence-corrected chi connectivity index (χ1v) is 9.00. The van der Waals surface area contributed by atoms with Crippen LogP contribution in [0.15, 0.2) is 42.7 Å². The van der Waals surface area contributed by atoms with Crippen LogP contribution in [0.2, 0.25) is 0 Å².